The molecule has 0 amide bonds. The third-order valence-corrected chi connectivity index (χ3v) is 3.35. The molecule has 1 aliphatic rings. The molecule has 5 heteroatoms. The van der Waals surface area contributed by atoms with Crippen molar-refractivity contribution in [3.8, 4) is 5.75 Å². The van der Waals surface area contributed by atoms with Crippen LogP contribution in [0.3, 0.4) is 0 Å². The van der Waals surface area contributed by atoms with Gasteiger partial charge < -0.3 is 15.6 Å². The number of nitrogens with zero attached hydrogens (tertiary/aromatic N) is 2. The van der Waals surface area contributed by atoms with E-state index in [1.807, 2.05) is 18.2 Å². The minimum Gasteiger partial charge on any atom is -0.493 e. The molecule has 1 atom stereocenters. The van der Waals surface area contributed by atoms with Gasteiger partial charge in [-0.25, -0.2) is 0 Å². The molecule has 0 saturated heterocycles. The van der Waals surface area contributed by atoms with Crippen molar-refractivity contribution in [2.24, 2.45) is 7.05 Å². The van der Waals surface area contributed by atoms with E-state index >= 15 is 0 Å². The summed E-state index contributed by atoms with van der Waals surface area (Å²) < 4.78 is 7.14. The molecule has 2 heterocycles. The number of nitrogens with two attached hydrogens (primary N) is 1. The Bertz CT molecular complexity index is 592. The van der Waals surface area contributed by atoms with Gasteiger partial charge in [-0.2, -0.15) is 5.10 Å². The first-order valence-corrected chi connectivity index (χ1v) is 5.88. The zero-order valence-corrected chi connectivity index (χ0v) is 10.1. The SMILES string of the molecule is Cn1ncc(C(O)c2cccc3c2OCC3)c1N. The number of ether oxygens (including phenoxy) is 1. The third kappa shape index (κ3) is 1.55. The van der Waals surface area contributed by atoms with E-state index in [0.29, 0.717) is 18.0 Å². The van der Waals surface area contributed by atoms with Gasteiger partial charge in [0.1, 0.15) is 17.7 Å². The smallest absolute Gasteiger partial charge is 0.128 e. The quantitative estimate of drug-likeness (QED) is 0.828. The Morgan fingerprint density at radius 2 is 2.28 bits per heavy atom. The molecule has 5 nitrogen and oxygen atoms in total. The molecule has 1 aromatic heterocycles. The zero-order valence-electron chi connectivity index (χ0n) is 10.1. The standard InChI is InChI=1S/C13H15N3O2/c1-16-13(14)10(7-15-16)11(17)9-4-2-3-8-5-6-18-12(8)9/h2-4,7,11,17H,5-6,14H2,1H3. The number of nitrogen functional groups attached to an aromatic ring is 1. The van der Waals surface area contributed by atoms with Crippen molar-refractivity contribution in [1.29, 1.82) is 0 Å². The summed E-state index contributed by atoms with van der Waals surface area (Å²) in [4.78, 5) is 0. The van der Waals surface area contributed by atoms with Crippen LogP contribution in [-0.4, -0.2) is 21.5 Å². The van der Waals surface area contributed by atoms with Crippen LogP contribution >= 0.6 is 0 Å². The van der Waals surface area contributed by atoms with E-state index < -0.39 is 6.10 Å². The summed E-state index contributed by atoms with van der Waals surface area (Å²) in [5.41, 5.74) is 8.39. The first kappa shape index (κ1) is 11.1. The van der Waals surface area contributed by atoms with Crippen LogP contribution in [0.15, 0.2) is 24.4 Å². The van der Waals surface area contributed by atoms with Crippen LogP contribution in [0.1, 0.15) is 22.8 Å². The molecule has 18 heavy (non-hydrogen) atoms. The van der Waals surface area contributed by atoms with E-state index in [9.17, 15) is 5.11 Å². The summed E-state index contributed by atoms with van der Waals surface area (Å²) in [5, 5.41) is 14.5. The Balaban J connectivity index is 2.05. The number of aliphatic hydroxyl groups excluding tert-OH is 1. The van der Waals surface area contributed by atoms with Crippen molar-refractivity contribution in [1.82, 2.24) is 9.78 Å². The first-order valence-electron chi connectivity index (χ1n) is 5.88. The lowest BCUT2D eigenvalue weighted by atomic mass is 10.00. The number of aryl methyl sites for hydroxylation is 1. The second-order valence-electron chi connectivity index (χ2n) is 4.45. The molecule has 0 spiro atoms. The molecule has 0 bridgehead atoms. The van der Waals surface area contributed by atoms with Crippen molar-refractivity contribution in [3.05, 3.63) is 41.1 Å². The second kappa shape index (κ2) is 4.03. The summed E-state index contributed by atoms with van der Waals surface area (Å²) in [6, 6.07) is 5.81. The maximum Gasteiger partial charge on any atom is 0.128 e. The van der Waals surface area contributed by atoms with E-state index in [2.05, 4.69) is 5.10 Å². The summed E-state index contributed by atoms with van der Waals surface area (Å²) in [5.74, 6) is 1.26. The first-order chi connectivity index (χ1) is 8.68. The maximum atomic E-state index is 10.4. The molecule has 3 N–H and O–H groups in total. The van der Waals surface area contributed by atoms with Crippen LogP contribution < -0.4 is 10.5 Å². The molecule has 0 saturated carbocycles. The van der Waals surface area contributed by atoms with Gasteiger partial charge in [0.25, 0.3) is 0 Å². The average molecular weight is 245 g/mol. The predicted octanol–water partition coefficient (Wildman–Crippen LogP) is 1.02. The van der Waals surface area contributed by atoms with Gasteiger partial charge in [-0.1, -0.05) is 18.2 Å². The highest BCUT2D eigenvalue weighted by Crippen LogP contribution is 2.37. The number of benzene rings is 1. The van der Waals surface area contributed by atoms with E-state index in [-0.39, 0.29) is 0 Å². The van der Waals surface area contributed by atoms with E-state index in [1.54, 1.807) is 17.9 Å². The van der Waals surface area contributed by atoms with Crippen molar-refractivity contribution >= 4 is 5.82 Å². The fourth-order valence-corrected chi connectivity index (χ4v) is 2.30. The third-order valence-electron chi connectivity index (χ3n) is 3.35. The molecule has 0 radical (unpaired) electrons. The van der Waals surface area contributed by atoms with Crippen LogP contribution in [0.5, 0.6) is 5.75 Å². The number of hydrogen-bond donors (Lipinski definition) is 2. The lowest BCUT2D eigenvalue weighted by Crippen LogP contribution is -2.06. The highest BCUT2D eigenvalue weighted by Gasteiger charge is 2.24. The number of aliphatic hydroxyl groups is 1. The van der Waals surface area contributed by atoms with Gasteiger partial charge in [-0.3, -0.25) is 4.68 Å². The van der Waals surface area contributed by atoms with E-state index in [0.717, 1.165) is 23.3 Å². The average Bonchev–Trinajstić information content (AvgIpc) is 2.96. The number of hydrogen-bond acceptors (Lipinski definition) is 4. The number of fused-ring (bicyclic) bond motifs is 1. The largest absolute Gasteiger partial charge is 0.493 e. The van der Waals surface area contributed by atoms with Gasteiger partial charge >= 0.3 is 0 Å². The number of para-hydroxylation sites is 1. The molecular weight excluding hydrogens is 230 g/mol. The van der Waals surface area contributed by atoms with Gasteiger partial charge in [-0.05, 0) is 5.56 Å². The van der Waals surface area contributed by atoms with Crippen LogP contribution in [0.4, 0.5) is 5.82 Å². The molecule has 0 fully saturated rings. The van der Waals surface area contributed by atoms with Crippen molar-refractivity contribution < 1.29 is 9.84 Å². The highest BCUT2D eigenvalue weighted by atomic mass is 16.5. The van der Waals surface area contributed by atoms with Crippen LogP contribution in [0.25, 0.3) is 0 Å². The maximum absolute atomic E-state index is 10.4. The highest BCUT2D eigenvalue weighted by molar-refractivity contribution is 5.51. The van der Waals surface area contributed by atoms with Gasteiger partial charge in [0.05, 0.1) is 12.8 Å². The summed E-state index contributed by atoms with van der Waals surface area (Å²) in [7, 11) is 1.75. The molecular formula is C13H15N3O2. The van der Waals surface area contributed by atoms with Gasteiger partial charge in [-0.15, -0.1) is 0 Å². The van der Waals surface area contributed by atoms with Crippen LogP contribution in [-0.2, 0) is 13.5 Å². The fourth-order valence-electron chi connectivity index (χ4n) is 2.30. The lowest BCUT2D eigenvalue weighted by Gasteiger charge is -2.14. The van der Waals surface area contributed by atoms with Crippen molar-refractivity contribution in [2.45, 2.75) is 12.5 Å². The predicted molar refractivity (Wildman–Crippen MR) is 67.3 cm³/mol. The minimum atomic E-state index is -0.799. The van der Waals surface area contributed by atoms with Crippen LogP contribution in [0.2, 0.25) is 0 Å². The molecule has 1 aliphatic heterocycles. The minimum absolute atomic E-state index is 0.470. The van der Waals surface area contributed by atoms with E-state index in [1.165, 1.54) is 0 Å². The summed E-state index contributed by atoms with van der Waals surface area (Å²) >= 11 is 0. The van der Waals surface area contributed by atoms with Gasteiger partial charge in [0.15, 0.2) is 0 Å². The molecule has 94 valence electrons. The van der Waals surface area contributed by atoms with Gasteiger partial charge in [0.2, 0.25) is 0 Å². The lowest BCUT2D eigenvalue weighted by molar-refractivity contribution is 0.214. The number of anilines is 1. The van der Waals surface area contributed by atoms with Crippen molar-refractivity contribution in [2.75, 3.05) is 12.3 Å². The fraction of sp³-hybridized carbons (Fsp3) is 0.308. The Morgan fingerprint density at radius 1 is 1.44 bits per heavy atom. The normalized spacial score (nSPS) is 15.2. The van der Waals surface area contributed by atoms with E-state index in [4.69, 9.17) is 10.5 Å². The Hall–Kier alpha value is -2.01. The Morgan fingerprint density at radius 3 is 3.00 bits per heavy atom. The summed E-state index contributed by atoms with van der Waals surface area (Å²) in [6.45, 7) is 0.668. The molecule has 2 aromatic rings. The van der Waals surface area contributed by atoms with Crippen molar-refractivity contribution in [3.63, 3.8) is 0 Å². The molecule has 0 aliphatic carbocycles. The second-order valence-corrected chi connectivity index (χ2v) is 4.45. The number of aromatic nitrogens is 2. The Labute approximate surface area is 105 Å². The molecule has 3 rings (SSSR count). The monoisotopic (exact) mass is 245 g/mol. The van der Waals surface area contributed by atoms with Crippen LogP contribution in [0, 0.1) is 0 Å². The Kier molecular flexibility index (Phi) is 2.48. The van der Waals surface area contributed by atoms with Gasteiger partial charge in [0, 0.05) is 24.6 Å². The molecule has 1 unspecified atom stereocenters. The zero-order chi connectivity index (χ0) is 12.7. The topological polar surface area (TPSA) is 73.3 Å². The number of rotatable bonds is 2. The molecule has 1 aromatic carbocycles. The summed E-state index contributed by atoms with van der Waals surface area (Å²) in [6.07, 6.45) is 1.68.